The Hall–Kier alpha value is -1.20. The molecular formula is C19H26F3N2O4S-. The number of benzene rings is 1. The van der Waals surface area contributed by atoms with Crippen LogP contribution in [0.4, 0.5) is 18.9 Å². The van der Waals surface area contributed by atoms with Gasteiger partial charge in [-0.2, -0.15) is 13.2 Å². The minimum absolute atomic E-state index is 0.0706. The van der Waals surface area contributed by atoms with E-state index in [2.05, 4.69) is 4.90 Å². The van der Waals surface area contributed by atoms with Crippen molar-refractivity contribution >= 4 is 17.0 Å². The summed E-state index contributed by atoms with van der Waals surface area (Å²) >= 11 is -2.30. The summed E-state index contributed by atoms with van der Waals surface area (Å²) in [5, 5.41) is 9.86. The highest BCUT2D eigenvalue weighted by atomic mass is 32.2. The van der Waals surface area contributed by atoms with E-state index >= 15 is 0 Å². The number of hydrogen-bond donors (Lipinski definition) is 1. The largest absolute Gasteiger partial charge is 0.760 e. The summed E-state index contributed by atoms with van der Waals surface area (Å²) in [6.07, 6.45) is -2.15. The second-order valence-corrected chi connectivity index (χ2v) is 8.81. The van der Waals surface area contributed by atoms with Crippen molar-refractivity contribution in [3.63, 3.8) is 0 Å². The molecule has 29 heavy (non-hydrogen) atoms. The molecule has 164 valence electrons. The fourth-order valence-corrected chi connectivity index (χ4v) is 4.54. The molecule has 2 aliphatic heterocycles. The molecule has 0 aromatic heterocycles. The number of anilines is 1. The molecule has 0 saturated carbocycles. The first-order valence-electron chi connectivity index (χ1n) is 9.68. The first-order valence-corrected chi connectivity index (χ1v) is 10.7. The Bertz CT molecular complexity index is 708. The number of alkyl halides is 3. The normalized spacial score (nSPS) is 25.6. The maximum Gasteiger partial charge on any atom is 0.421 e. The van der Waals surface area contributed by atoms with Crippen molar-refractivity contribution in [2.45, 2.75) is 44.0 Å². The molecule has 1 aromatic carbocycles. The molecule has 2 aliphatic rings. The van der Waals surface area contributed by atoms with Gasteiger partial charge in [0.1, 0.15) is 0 Å². The molecule has 0 amide bonds. The summed E-state index contributed by atoms with van der Waals surface area (Å²) in [5.74, 6) is 0.418. The summed E-state index contributed by atoms with van der Waals surface area (Å²) in [7, 11) is 0. The van der Waals surface area contributed by atoms with Gasteiger partial charge < -0.3 is 19.3 Å². The quantitative estimate of drug-likeness (QED) is 0.720. The predicted molar refractivity (Wildman–Crippen MR) is 102 cm³/mol. The van der Waals surface area contributed by atoms with Crippen molar-refractivity contribution in [2.24, 2.45) is 5.92 Å². The van der Waals surface area contributed by atoms with Gasteiger partial charge in [-0.3, -0.25) is 4.21 Å². The highest BCUT2D eigenvalue weighted by Crippen LogP contribution is 2.39. The summed E-state index contributed by atoms with van der Waals surface area (Å²) in [5.41, 5.74) is -2.43. The van der Waals surface area contributed by atoms with Gasteiger partial charge in [0.25, 0.3) is 0 Å². The molecule has 2 saturated heterocycles. The van der Waals surface area contributed by atoms with Crippen LogP contribution in [0.2, 0.25) is 0 Å². The Morgan fingerprint density at radius 2 is 1.83 bits per heavy atom. The zero-order valence-electron chi connectivity index (χ0n) is 16.2. The van der Waals surface area contributed by atoms with Gasteiger partial charge in [0, 0.05) is 55.8 Å². The lowest BCUT2D eigenvalue weighted by molar-refractivity contribution is -0.258. The Kier molecular flexibility index (Phi) is 6.89. The molecule has 0 spiro atoms. The van der Waals surface area contributed by atoms with Crippen LogP contribution >= 0.6 is 0 Å². The molecule has 0 aliphatic carbocycles. The van der Waals surface area contributed by atoms with Crippen LogP contribution in [0, 0.1) is 5.92 Å². The van der Waals surface area contributed by atoms with Crippen molar-refractivity contribution in [3.05, 3.63) is 29.8 Å². The monoisotopic (exact) mass is 435 g/mol. The lowest BCUT2D eigenvalue weighted by Crippen LogP contribution is -2.54. The molecule has 1 N–H and O–H groups in total. The van der Waals surface area contributed by atoms with Gasteiger partial charge in [-0.05, 0) is 49.8 Å². The van der Waals surface area contributed by atoms with Crippen molar-refractivity contribution in [2.75, 3.05) is 37.7 Å². The molecule has 1 aromatic rings. The SMILES string of the molecule is C[C@](O)(c1ccc(N2CCN(S(=O)[O-])C[C@@H]2CC2CCOCC2)cc1)C(F)(F)F. The summed E-state index contributed by atoms with van der Waals surface area (Å²) in [6, 6.07) is 5.63. The Balaban J connectivity index is 1.79. The van der Waals surface area contributed by atoms with Crippen LogP contribution in [-0.2, 0) is 21.6 Å². The van der Waals surface area contributed by atoms with E-state index in [9.17, 15) is 27.0 Å². The summed E-state index contributed by atoms with van der Waals surface area (Å²) < 4.78 is 68.9. The number of halogens is 3. The first-order chi connectivity index (χ1) is 13.6. The zero-order chi connectivity index (χ0) is 21.2. The maximum absolute atomic E-state index is 13.1. The number of hydrogen-bond acceptors (Lipinski definition) is 5. The van der Waals surface area contributed by atoms with E-state index in [4.69, 9.17) is 4.74 Å². The van der Waals surface area contributed by atoms with Crippen LogP contribution < -0.4 is 4.90 Å². The lowest BCUT2D eigenvalue weighted by atomic mass is 9.90. The molecule has 6 nitrogen and oxygen atoms in total. The standard InChI is InChI=1S/C19H27F3N2O4S/c1-18(25,19(20,21)22)15-2-4-16(5-3-15)24-9-8-23(29(26)27)13-17(24)12-14-6-10-28-11-7-14/h2-5,14,17,25H,6-13H2,1H3,(H,26,27)/p-1/t17-,18-/m0/s1. The van der Waals surface area contributed by atoms with Crippen LogP contribution in [-0.4, -0.2) is 63.2 Å². The topological polar surface area (TPSA) is 76.1 Å². The van der Waals surface area contributed by atoms with E-state index in [1.165, 1.54) is 16.4 Å². The fraction of sp³-hybridized carbons (Fsp3) is 0.684. The van der Waals surface area contributed by atoms with Crippen molar-refractivity contribution < 1.29 is 31.8 Å². The Morgan fingerprint density at radius 1 is 1.21 bits per heavy atom. The van der Waals surface area contributed by atoms with Crippen molar-refractivity contribution in [1.82, 2.24) is 4.31 Å². The minimum atomic E-state index is -4.77. The van der Waals surface area contributed by atoms with Gasteiger partial charge in [0.05, 0.1) is 0 Å². The van der Waals surface area contributed by atoms with Gasteiger partial charge in [0.2, 0.25) is 0 Å². The molecule has 2 heterocycles. The van der Waals surface area contributed by atoms with Crippen molar-refractivity contribution in [3.8, 4) is 0 Å². The third-order valence-corrected chi connectivity index (χ3v) is 6.67. The highest BCUT2D eigenvalue weighted by molar-refractivity contribution is 7.76. The van der Waals surface area contributed by atoms with Crippen LogP contribution in [0.1, 0.15) is 31.7 Å². The first kappa shape index (κ1) is 22.5. The van der Waals surface area contributed by atoms with Crippen LogP contribution in [0.5, 0.6) is 0 Å². The highest BCUT2D eigenvalue weighted by Gasteiger charge is 2.51. The number of ether oxygens (including phenoxy) is 1. The third-order valence-electron chi connectivity index (χ3n) is 5.92. The zero-order valence-corrected chi connectivity index (χ0v) is 17.0. The maximum atomic E-state index is 13.1. The molecule has 3 rings (SSSR count). The third kappa shape index (κ3) is 5.11. The fourth-order valence-electron chi connectivity index (χ4n) is 4.01. The molecule has 2 fully saturated rings. The predicted octanol–water partition coefficient (Wildman–Crippen LogP) is 2.56. The van der Waals surface area contributed by atoms with E-state index in [0.717, 1.165) is 31.9 Å². The molecule has 0 radical (unpaired) electrons. The Labute approximate surface area is 171 Å². The lowest BCUT2D eigenvalue weighted by Gasteiger charge is -2.44. The van der Waals surface area contributed by atoms with Gasteiger partial charge >= 0.3 is 6.18 Å². The van der Waals surface area contributed by atoms with E-state index in [0.29, 0.717) is 38.8 Å². The summed E-state index contributed by atoms with van der Waals surface area (Å²) in [6.45, 7) is 3.23. The van der Waals surface area contributed by atoms with Gasteiger partial charge in [-0.25, -0.2) is 4.31 Å². The number of rotatable bonds is 5. The van der Waals surface area contributed by atoms with E-state index in [-0.39, 0.29) is 11.6 Å². The average molecular weight is 435 g/mol. The molecule has 0 bridgehead atoms. The minimum Gasteiger partial charge on any atom is -0.760 e. The van der Waals surface area contributed by atoms with Crippen molar-refractivity contribution in [1.29, 1.82) is 0 Å². The smallest absolute Gasteiger partial charge is 0.421 e. The van der Waals surface area contributed by atoms with Crippen LogP contribution in [0.25, 0.3) is 0 Å². The van der Waals surface area contributed by atoms with E-state index in [1.807, 2.05) is 0 Å². The number of nitrogens with zero attached hydrogens (tertiary/aromatic N) is 2. The van der Waals surface area contributed by atoms with E-state index in [1.54, 1.807) is 12.1 Å². The van der Waals surface area contributed by atoms with Gasteiger partial charge in [-0.1, -0.05) is 12.1 Å². The number of piperazine rings is 1. The average Bonchev–Trinajstić information content (AvgIpc) is 2.68. The van der Waals surface area contributed by atoms with Gasteiger partial charge in [-0.15, -0.1) is 0 Å². The van der Waals surface area contributed by atoms with Crippen LogP contribution in [0.15, 0.2) is 24.3 Å². The summed E-state index contributed by atoms with van der Waals surface area (Å²) in [4.78, 5) is 2.06. The van der Waals surface area contributed by atoms with Crippen LogP contribution in [0.3, 0.4) is 0 Å². The molecular weight excluding hydrogens is 409 g/mol. The Morgan fingerprint density at radius 3 is 2.38 bits per heavy atom. The number of aliphatic hydroxyl groups is 1. The second kappa shape index (κ2) is 8.89. The van der Waals surface area contributed by atoms with Gasteiger partial charge in [0.15, 0.2) is 5.60 Å². The van der Waals surface area contributed by atoms with E-state index < -0.39 is 23.0 Å². The molecule has 1 unspecified atom stereocenters. The molecule has 3 atom stereocenters. The second-order valence-electron chi connectivity index (χ2n) is 7.86. The molecule has 10 heteroatoms.